The maximum Gasteiger partial charge on any atom is 0.195 e. The van der Waals surface area contributed by atoms with E-state index in [1.807, 2.05) is 0 Å². The normalized spacial score (nSPS) is 38.1. The number of hydrogen-bond donors (Lipinski definition) is 5. The fourth-order valence-electron chi connectivity index (χ4n) is 2.59. The van der Waals surface area contributed by atoms with Gasteiger partial charge >= 0.3 is 0 Å². The van der Waals surface area contributed by atoms with Crippen molar-refractivity contribution < 1.29 is 30.3 Å². The molecule has 0 radical (unpaired) electrons. The number of hydrogen-bond acceptors (Lipinski definition) is 6. The van der Waals surface area contributed by atoms with Gasteiger partial charge in [-0.2, -0.15) is 0 Å². The third-order valence-corrected chi connectivity index (χ3v) is 3.94. The molecule has 1 aliphatic heterocycles. The molecule has 1 saturated heterocycles. The molecule has 6 heteroatoms. The topological polar surface area (TPSA) is 110 Å². The predicted octanol–water partition coefficient (Wildman–Crippen LogP) is -0.101. The third-order valence-electron chi connectivity index (χ3n) is 3.94. The number of aliphatic hydroxyl groups excluding tert-OH is 4. The molecule has 6 nitrogen and oxygen atoms in total. The average molecular weight is 292 g/mol. The molecule has 1 aliphatic rings. The molecule has 120 valence electrons. The van der Waals surface area contributed by atoms with Crippen LogP contribution in [-0.4, -0.2) is 62.3 Å². The fraction of sp³-hybridized carbons (Fsp3) is 1.00. The lowest BCUT2D eigenvalue weighted by Crippen LogP contribution is -2.65. The van der Waals surface area contributed by atoms with Crippen LogP contribution in [0.25, 0.3) is 0 Å². The van der Waals surface area contributed by atoms with Gasteiger partial charge in [-0.25, -0.2) is 0 Å². The van der Waals surface area contributed by atoms with Gasteiger partial charge in [0.25, 0.3) is 0 Å². The highest BCUT2D eigenvalue weighted by molar-refractivity contribution is 4.95. The zero-order chi connectivity index (χ0) is 15.2. The Morgan fingerprint density at radius 3 is 2.15 bits per heavy atom. The second-order valence-corrected chi connectivity index (χ2v) is 5.63. The van der Waals surface area contributed by atoms with Gasteiger partial charge in [-0.3, -0.25) is 0 Å². The molecule has 20 heavy (non-hydrogen) atoms. The first-order chi connectivity index (χ1) is 9.46. The van der Waals surface area contributed by atoms with Crippen molar-refractivity contribution in [1.82, 2.24) is 0 Å². The van der Waals surface area contributed by atoms with E-state index >= 15 is 0 Å². The Kier molecular flexibility index (Phi) is 7.36. The van der Waals surface area contributed by atoms with Crippen molar-refractivity contribution >= 4 is 0 Å². The van der Waals surface area contributed by atoms with E-state index in [1.165, 1.54) is 6.42 Å². The van der Waals surface area contributed by atoms with Crippen molar-refractivity contribution in [2.75, 3.05) is 6.61 Å². The summed E-state index contributed by atoms with van der Waals surface area (Å²) in [6.45, 7) is 1.61. The Hall–Kier alpha value is -0.240. The minimum atomic E-state index is -1.91. The van der Waals surface area contributed by atoms with Crippen LogP contribution in [0.15, 0.2) is 0 Å². The van der Waals surface area contributed by atoms with E-state index in [0.717, 1.165) is 25.7 Å². The molecule has 0 spiro atoms. The zero-order valence-electron chi connectivity index (χ0n) is 12.1. The van der Waals surface area contributed by atoms with E-state index in [0.29, 0.717) is 6.42 Å². The van der Waals surface area contributed by atoms with Gasteiger partial charge in [0, 0.05) is 6.42 Å². The Labute approximate surface area is 120 Å². The van der Waals surface area contributed by atoms with Gasteiger partial charge < -0.3 is 30.3 Å². The molecule has 0 aromatic carbocycles. The molecular formula is C14H28O6. The summed E-state index contributed by atoms with van der Waals surface area (Å²) in [6.07, 6.45) is 0.669. The molecule has 0 aromatic heterocycles. The molecule has 1 heterocycles. The van der Waals surface area contributed by atoms with Gasteiger partial charge in [-0.15, -0.1) is 0 Å². The van der Waals surface area contributed by atoms with E-state index in [1.54, 1.807) is 0 Å². The lowest BCUT2D eigenvalue weighted by Gasteiger charge is -2.45. The van der Waals surface area contributed by atoms with Crippen molar-refractivity contribution in [2.45, 2.75) is 82.1 Å². The molecule has 1 fully saturated rings. The quantitative estimate of drug-likeness (QED) is 0.400. The predicted molar refractivity (Wildman–Crippen MR) is 72.9 cm³/mol. The van der Waals surface area contributed by atoms with Gasteiger partial charge in [-0.05, 0) is 6.42 Å². The van der Waals surface area contributed by atoms with Gasteiger partial charge in [0.1, 0.15) is 24.4 Å². The molecule has 5 N–H and O–H groups in total. The Bertz CT molecular complexity index is 272. The molecule has 0 aliphatic carbocycles. The summed E-state index contributed by atoms with van der Waals surface area (Å²) in [5.41, 5.74) is 0. The number of aliphatic hydroxyl groups is 5. The molecular weight excluding hydrogens is 264 g/mol. The highest BCUT2D eigenvalue weighted by Crippen LogP contribution is 2.32. The van der Waals surface area contributed by atoms with Crippen LogP contribution in [0.4, 0.5) is 0 Å². The zero-order valence-corrected chi connectivity index (χ0v) is 12.1. The van der Waals surface area contributed by atoms with Crippen LogP contribution >= 0.6 is 0 Å². The smallest absolute Gasteiger partial charge is 0.195 e. The lowest BCUT2D eigenvalue weighted by atomic mass is 9.89. The average Bonchev–Trinajstić information content (AvgIpc) is 2.45. The van der Waals surface area contributed by atoms with Crippen LogP contribution in [0.3, 0.4) is 0 Å². The molecule has 1 unspecified atom stereocenters. The summed E-state index contributed by atoms with van der Waals surface area (Å²) < 4.78 is 5.19. The minimum absolute atomic E-state index is 0.167. The van der Waals surface area contributed by atoms with Gasteiger partial charge in [0.15, 0.2) is 5.79 Å². The fourth-order valence-corrected chi connectivity index (χ4v) is 2.59. The lowest BCUT2D eigenvalue weighted by molar-refractivity contribution is -0.351. The van der Waals surface area contributed by atoms with Crippen LogP contribution in [0, 0.1) is 0 Å². The van der Waals surface area contributed by atoms with Crippen LogP contribution in [-0.2, 0) is 4.74 Å². The first-order valence-electron chi connectivity index (χ1n) is 7.51. The maximum absolute atomic E-state index is 10.3. The molecule has 0 saturated carbocycles. The Morgan fingerprint density at radius 1 is 0.950 bits per heavy atom. The highest BCUT2D eigenvalue weighted by atomic mass is 16.7. The van der Waals surface area contributed by atoms with E-state index in [2.05, 4.69) is 6.92 Å². The first-order valence-corrected chi connectivity index (χ1v) is 7.51. The summed E-state index contributed by atoms with van der Waals surface area (Å²) in [4.78, 5) is 0. The molecule has 1 rings (SSSR count). The van der Waals surface area contributed by atoms with Gasteiger partial charge in [0.05, 0.1) is 6.61 Å². The highest BCUT2D eigenvalue weighted by Gasteiger charge is 2.51. The Balaban J connectivity index is 2.44. The van der Waals surface area contributed by atoms with Crippen molar-refractivity contribution in [2.24, 2.45) is 0 Å². The van der Waals surface area contributed by atoms with Crippen molar-refractivity contribution in [3.63, 3.8) is 0 Å². The monoisotopic (exact) mass is 292 g/mol. The molecule has 0 bridgehead atoms. The standard InChI is InChI=1S/C14H28O6/c1-2-3-4-5-6-7-8-14(19)13(18)12(17)11(16)10(9-15)20-14/h10-13,15-19H,2-9H2,1H3/t10-,11-,12+,13-,14?/m1/s1. The molecule has 5 atom stereocenters. The summed E-state index contributed by atoms with van der Waals surface area (Å²) in [7, 11) is 0. The van der Waals surface area contributed by atoms with Crippen LogP contribution in [0.2, 0.25) is 0 Å². The third kappa shape index (κ3) is 4.38. The molecule has 0 amide bonds. The van der Waals surface area contributed by atoms with Crippen LogP contribution in [0.1, 0.15) is 51.9 Å². The summed E-state index contributed by atoms with van der Waals surface area (Å²) in [5.74, 6) is -1.91. The van der Waals surface area contributed by atoms with E-state index in [4.69, 9.17) is 9.84 Å². The van der Waals surface area contributed by atoms with Gasteiger partial charge in [0.2, 0.25) is 0 Å². The second-order valence-electron chi connectivity index (χ2n) is 5.63. The summed E-state index contributed by atoms with van der Waals surface area (Å²) >= 11 is 0. The molecule has 0 aromatic rings. The van der Waals surface area contributed by atoms with Crippen LogP contribution in [0.5, 0.6) is 0 Å². The summed E-state index contributed by atoms with van der Waals surface area (Å²) in [5, 5.41) is 48.5. The SMILES string of the molecule is CCCCCCCCC1(O)O[C@H](CO)[C@@H](O)[C@H](O)[C@H]1O. The van der Waals surface area contributed by atoms with E-state index < -0.39 is 36.8 Å². The van der Waals surface area contributed by atoms with E-state index in [9.17, 15) is 20.4 Å². The Morgan fingerprint density at radius 2 is 1.55 bits per heavy atom. The summed E-state index contributed by atoms with van der Waals surface area (Å²) in [6, 6.07) is 0. The number of ether oxygens (including phenoxy) is 1. The first kappa shape index (κ1) is 17.8. The van der Waals surface area contributed by atoms with Gasteiger partial charge in [-0.1, -0.05) is 39.0 Å². The number of rotatable bonds is 8. The van der Waals surface area contributed by atoms with Crippen LogP contribution < -0.4 is 0 Å². The van der Waals surface area contributed by atoms with Crippen molar-refractivity contribution in [3.8, 4) is 0 Å². The van der Waals surface area contributed by atoms with Crippen molar-refractivity contribution in [3.05, 3.63) is 0 Å². The number of unbranched alkanes of at least 4 members (excludes halogenated alkanes) is 5. The largest absolute Gasteiger partial charge is 0.394 e. The maximum atomic E-state index is 10.3. The second kappa shape index (κ2) is 8.26. The van der Waals surface area contributed by atoms with E-state index in [-0.39, 0.29) is 6.42 Å². The van der Waals surface area contributed by atoms with Crippen molar-refractivity contribution in [1.29, 1.82) is 0 Å². The minimum Gasteiger partial charge on any atom is -0.394 e.